The summed E-state index contributed by atoms with van der Waals surface area (Å²) in [6.45, 7) is 2.69. The lowest BCUT2D eigenvalue weighted by atomic mass is 10.1. The number of pyridine rings is 1. The van der Waals surface area contributed by atoms with Gasteiger partial charge in [0.1, 0.15) is 11.6 Å². The van der Waals surface area contributed by atoms with Crippen molar-refractivity contribution in [3.8, 4) is 0 Å². The Morgan fingerprint density at radius 1 is 1.50 bits per heavy atom. The number of piperazine rings is 1. The maximum absolute atomic E-state index is 12.3. The van der Waals surface area contributed by atoms with E-state index in [1.165, 1.54) is 17.2 Å². The summed E-state index contributed by atoms with van der Waals surface area (Å²) < 4.78 is 0. The number of carbonyl (C=O) groups is 2. The van der Waals surface area contributed by atoms with Crippen molar-refractivity contribution < 1.29 is 9.59 Å². The Balaban J connectivity index is 2.30. The predicted molar refractivity (Wildman–Crippen MR) is 65.2 cm³/mol. The lowest BCUT2D eigenvalue weighted by Gasteiger charge is -2.34. The number of carbonyl (C=O) groups excluding carboxylic acids is 2. The van der Waals surface area contributed by atoms with Gasteiger partial charge < -0.3 is 15.2 Å². The van der Waals surface area contributed by atoms with E-state index in [0.29, 0.717) is 19.5 Å². The minimum absolute atomic E-state index is 0.0747. The summed E-state index contributed by atoms with van der Waals surface area (Å²) >= 11 is 0. The Kier molecular flexibility index (Phi) is 3.45. The molecular formula is C12H15N3O3. The van der Waals surface area contributed by atoms with Crippen LogP contribution in [0.5, 0.6) is 0 Å². The molecule has 1 aromatic heterocycles. The normalized spacial score (nSPS) is 19.5. The van der Waals surface area contributed by atoms with Crippen LogP contribution in [0.3, 0.4) is 0 Å². The third kappa shape index (κ3) is 2.13. The van der Waals surface area contributed by atoms with Gasteiger partial charge in [0, 0.05) is 19.3 Å². The van der Waals surface area contributed by atoms with Gasteiger partial charge in [-0.1, -0.05) is 6.92 Å². The van der Waals surface area contributed by atoms with Crippen LogP contribution in [0.1, 0.15) is 23.7 Å². The van der Waals surface area contributed by atoms with Crippen molar-refractivity contribution >= 4 is 11.8 Å². The highest BCUT2D eigenvalue weighted by Crippen LogP contribution is 2.11. The topological polar surface area (TPSA) is 82.3 Å². The molecule has 2 heterocycles. The number of aromatic nitrogens is 1. The van der Waals surface area contributed by atoms with Gasteiger partial charge in [0.2, 0.25) is 5.91 Å². The first kappa shape index (κ1) is 12.3. The Labute approximate surface area is 104 Å². The Morgan fingerprint density at radius 3 is 2.94 bits per heavy atom. The quantitative estimate of drug-likeness (QED) is 0.756. The van der Waals surface area contributed by atoms with Crippen molar-refractivity contribution in [1.29, 1.82) is 0 Å². The Morgan fingerprint density at radius 2 is 2.28 bits per heavy atom. The van der Waals surface area contributed by atoms with Crippen LogP contribution in [-0.2, 0) is 4.79 Å². The standard InChI is InChI=1S/C12H15N3O3/c1-2-9-11(17)14-6-7-15(9)12(18)8-4-3-5-13-10(8)16/h3-5,9H,2,6-7H2,1H3,(H,13,16)(H,14,17). The molecule has 1 aliphatic heterocycles. The van der Waals surface area contributed by atoms with Crippen molar-refractivity contribution in [1.82, 2.24) is 15.2 Å². The average molecular weight is 249 g/mol. The predicted octanol–water partition coefficient (Wildman–Crippen LogP) is -0.275. The van der Waals surface area contributed by atoms with E-state index in [1.54, 1.807) is 6.07 Å². The van der Waals surface area contributed by atoms with Gasteiger partial charge in [-0.2, -0.15) is 0 Å². The summed E-state index contributed by atoms with van der Waals surface area (Å²) in [5, 5.41) is 2.72. The maximum atomic E-state index is 12.3. The second kappa shape index (κ2) is 5.03. The molecule has 0 radical (unpaired) electrons. The van der Waals surface area contributed by atoms with Crippen molar-refractivity contribution in [3.05, 3.63) is 34.2 Å². The fourth-order valence-electron chi connectivity index (χ4n) is 2.11. The monoisotopic (exact) mass is 249 g/mol. The minimum atomic E-state index is -0.495. The zero-order valence-electron chi connectivity index (χ0n) is 10.1. The van der Waals surface area contributed by atoms with Crippen LogP contribution < -0.4 is 10.9 Å². The van der Waals surface area contributed by atoms with Crippen molar-refractivity contribution in [2.45, 2.75) is 19.4 Å². The summed E-state index contributed by atoms with van der Waals surface area (Å²) in [5.74, 6) is -0.553. The lowest BCUT2D eigenvalue weighted by molar-refractivity contribution is -0.127. The number of H-pyrrole nitrogens is 1. The van der Waals surface area contributed by atoms with E-state index in [1.807, 2.05) is 6.92 Å². The van der Waals surface area contributed by atoms with Crippen molar-refractivity contribution in [3.63, 3.8) is 0 Å². The van der Waals surface area contributed by atoms with E-state index in [-0.39, 0.29) is 11.5 Å². The number of nitrogens with one attached hydrogen (secondary N) is 2. The van der Waals surface area contributed by atoms with E-state index < -0.39 is 17.5 Å². The van der Waals surface area contributed by atoms with Crippen LogP contribution >= 0.6 is 0 Å². The van der Waals surface area contributed by atoms with Gasteiger partial charge in [0.05, 0.1) is 0 Å². The molecule has 2 rings (SSSR count). The molecular weight excluding hydrogens is 234 g/mol. The van der Waals surface area contributed by atoms with Crippen LogP contribution in [0, 0.1) is 0 Å². The first-order valence-corrected chi connectivity index (χ1v) is 5.91. The zero-order chi connectivity index (χ0) is 13.1. The molecule has 96 valence electrons. The largest absolute Gasteiger partial charge is 0.353 e. The number of amides is 2. The molecule has 0 spiro atoms. The second-order valence-corrected chi connectivity index (χ2v) is 4.13. The SMILES string of the molecule is CCC1C(=O)NCCN1C(=O)c1ccc[nH]c1=O. The molecule has 0 aromatic carbocycles. The molecule has 0 saturated carbocycles. The van der Waals surface area contributed by atoms with E-state index in [0.717, 1.165) is 0 Å². The Bertz CT molecular complexity index is 523. The first-order chi connectivity index (χ1) is 8.65. The molecule has 2 amide bonds. The third-order valence-electron chi connectivity index (χ3n) is 3.03. The zero-order valence-corrected chi connectivity index (χ0v) is 10.1. The lowest BCUT2D eigenvalue weighted by Crippen LogP contribution is -2.57. The molecule has 1 aromatic rings. The number of hydrogen-bond donors (Lipinski definition) is 2. The van der Waals surface area contributed by atoms with Gasteiger partial charge in [-0.05, 0) is 18.6 Å². The maximum Gasteiger partial charge on any atom is 0.260 e. The molecule has 1 atom stereocenters. The summed E-state index contributed by atoms with van der Waals surface area (Å²) in [5.41, 5.74) is -0.353. The highest BCUT2D eigenvalue weighted by Gasteiger charge is 2.32. The van der Waals surface area contributed by atoms with E-state index >= 15 is 0 Å². The third-order valence-corrected chi connectivity index (χ3v) is 3.03. The van der Waals surface area contributed by atoms with Crippen molar-refractivity contribution in [2.75, 3.05) is 13.1 Å². The van der Waals surface area contributed by atoms with E-state index in [2.05, 4.69) is 10.3 Å². The fourth-order valence-corrected chi connectivity index (χ4v) is 2.11. The number of hydrogen-bond acceptors (Lipinski definition) is 3. The summed E-state index contributed by atoms with van der Waals surface area (Å²) in [6, 6.07) is 2.57. The molecule has 2 N–H and O–H groups in total. The van der Waals surface area contributed by atoms with Crippen LogP contribution in [0.25, 0.3) is 0 Å². The number of rotatable bonds is 2. The van der Waals surface area contributed by atoms with Crippen LogP contribution in [0.2, 0.25) is 0 Å². The summed E-state index contributed by atoms with van der Waals surface area (Å²) in [7, 11) is 0. The van der Waals surface area contributed by atoms with Crippen molar-refractivity contribution in [2.24, 2.45) is 0 Å². The van der Waals surface area contributed by atoms with E-state index in [9.17, 15) is 14.4 Å². The van der Waals surface area contributed by atoms with Crippen LogP contribution in [0.15, 0.2) is 23.1 Å². The van der Waals surface area contributed by atoms with Gasteiger partial charge in [-0.15, -0.1) is 0 Å². The van der Waals surface area contributed by atoms with E-state index in [4.69, 9.17) is 0 Å². The average Bonchev–Trinajstić information content (AvgIpc) is 2.38. The molecule has 6 nitrogen and oxygen atoms in total. The highest BCUT2D eigenvalue weighted by atomic mass is 16.2. The summed E-state index contributed by atoms with van der Waals surface area (Å²) in [4.78, 5) is 39.4. The molecule has 1 unspecified atom stereocenters. The van der Waals surface area contributed by atoms with Gasteiger partial charge in [0.15, 0.2) is 0 Å². The molecule has 1 fully saturated rings. The number of nitrogens with zero attached hydrogens (tertiary/aromatic N) is 1. The minimum Gasteiger partial charge on any atom is -0.353 e. The fraction of sp³-hybridized carbons (Fsp3) is 0.417. The molecule has 0 bridgehead atoms. The molecule has 1 saturated heterocycles. The molecule has 6 heteroatoms. The molecule has 1 aliphatic rings. The number of aromatic amines is 1. The van der Waals surface area contributed by atoms with Gasteiger partial charge >= 0.3 is 0 Å². The highest BCUT2D eigenvalue weighted by molar-refractivity contribution is 5.97. The smallest absolute Gasteiger partial charge is 0.260 e. The van der Waals surface area contributed by atoms with Crippen LogP contribution in [0.4, 0.5) is 0 Å². The van der Waals surface area contributed by atoms with Gasteiger partial charge in [0.25, 0.3) is 11.5 Å². The van der Waals surface area contributed by atoms with Gasteiger partial charge in [-0.3, -0.25) is 14.4 Å². The summed E-state index contributed by atoms with van der Waals surface area (Å²) in [6.07, 6.45) is 2.00. The molecule has 18 heavy (non-hydrogen) atoms. The first-order valence-electron chi connectivity index (χ1n) is 5.91. The second-order valence-electron chi connectivity index (χ2n) is 4.13. The van der Waals surface area contributed by atoms with Crippen LogP contribution in [-0.4, -0.2) is 40.8 Å². The Hall–Kier alpha value is -2.11. The van der Waals surface area contributed by atoms with Gasteiger partial charge in [-0.25, -0.2) is 0 Å². The molecule has 0 aliphatic carbocycles.